The molecule has 0 aliphatic carbocycles. The molecule has 2 aromatic carbocycles. The van der Waals surface area contributed by atoms with E-state index in [2.05, 4.69) is 32.0 Å². The van der Waals surface area contributed by atoms with Gasteiger partial charge in [-0.15, -0.1) is 11.8 Å². The molecule has 2 nitrogen and oxygen atoms in total. The van der Waals surface area contributed by atoms with Crippen molar-refractivity contribution in [2.75, 3.05) is 18.1 Å². The zero-order valence-electron chi connectivity index (χ0n) is 12.4. The number of nitrogen functional groups attached to an aromatic ring is 1. The normalized spacial score (nSPS) is 10.6. The summed E-state index contributed by atoms with van der Waals surface area (Å²) in [5, 5.41) is 0.718. The van der Waals surface area contributed by atoms with Gasteiger partial charge in [-0.1, -0.05) is 29.8 Å². The third-order valence-corrected chi connectivity index (χ3v) is 4.80. The molecule has 0 fully saturated rings. The van der Waals surface area contributed by atoms with E-state index in [0.29, 0.717) is 6.61 Å². The van der Waals surface area contributed by atoms with Gasteiger partial charge in [-0.05, 0) is 49.6 Å². The van der Waals surface area contributed by atoms with E-state index in [-0.39, 0.29) is 0 Å². The summed E-state index contributed by atoms with van der Waals surface area (Å²) in [6, 6.07) is 11.9. The van der Waals surface area contributed by atoms with Crippen LogP contribution in [0, 0.1) is 13.8 Å². The van der Waals surface area contributed by atoms with E-state index in [1.165, 1.54) is 11.1 Å². The van der Waals surface area contributed by atoms with E-state index in [1.54, 1.807) is 11.8 Å². The maximum absolute atomic E-state index is 6.14. The fraction of sp³-hybridized carbons (Fsp3) is 0.294. The van der Waals surface area contributed by atoms with Gasteiger partial charge in [0.05, 0.1) is 11.6 Å². The summed E-state index contributed by atoms with van der Waals surface area (Å²) in [5.74, 6) is 1.90. The van der Waals surface area contributed by atoms with Crippen molar-refractivity contribution in [1.82, 2.24) is 0 Å². The fourth-order valence-electron chi connectivity index (χ4n) is 1.96. The lowest BCUT2D eigenvalue weighted by Crippen LogP contribution is -2.00. The van der Waals surface area contributed by atoms with Gasteiger partial charge in [-0.3, -0.25) is 0 Å². The first-order valence-electron chi connectivity index (χ1n) is 6.95. The number of benzene rings is 2. The van der Waals surface area contributed by atoms with E-state index in [9.17, 15) is 0 Å². The van der Waals surface area contributed by atoms with E-state index < -0.39 is 0 Å². The van der Waals surface area contributed by atoms with Crippen LogP contribution in [0.25, 0.3) is 0 Å². The number of aryl methyl sites for hydroxylation is 2. The van der Waals surface area contributed by atoms with Gasteiger partial charge in [0.25, 0.3) is 0 Å². The Bertz CT molecular complexity index is 595. The molecule has 0 amide bonds. The molecule has 112 valence electrons. The third kappa shape index (κ3) is 4.58. The topological polar surface area (TPSA) is 35.2 Å². The standard InChI is InChI=1S/C17H20ClNOS/c1-12-7-8-13(2)16(11-12)20-9-4-10-21-17-14(18)5-3-6-15(17)19/h3,5-8,11H,4,9-10,19H2,1-2H3. The Morgan fingerprint density at radius 2 is 2.00 bits per heavy atom. The minimum atomic E-state index is 0.696. The average Bonchev–Trinajstić information content (AvgIpc) is 2.45. The summed E-state index contributed by atoms with van der Waals surface area (Å²) >= 11 is 7.82. The quantitative estimate of drug-likeness (QED) is 0.456. The number of ether oxygens (including phenoxy) is 1. The lowest BCUT2D eigenvalue weighted by molar-refractivity contribution is 0.316. The summed E-state index contributed by atoms with van der Waals surface area (Å²) in [6.45, 7) is 4.83. The highest BCUT2D eigenvalue weighted by atomic mass is 35.5. The van der Waals surface area contributed by atoms with Gasteiger partial charge in [-0.2, -0.15) is 0 Å². The summed E-state index contributed by atoms with van der Waals surface area (Å²) in [6.07, 6.45) is 0.947. The van der Waals surface area contributed by atoms with Crippen molar-refractivity contribution in [2.45, 2.75) is 25.2 Å². The molecule has 0 heterocycles. The SMILES string of the molecule is Cc1ccc(C)c(OCCCSc2c(N)cccc2Cl)c1. The summed E-state index contributed by atoms with van der Waals surface area (Å²) in [4.78, 5) is 0.964. The van der Waals surface area contributed by atoms with Gasteiger partial charge >= 0.3 is 0 Å². The second-order valence-corrected chi connectivity index (χ2v) is 6.49. The minimum Gasteiger partial charge on any atom is -0.493 e. The van der Waals surface area contributed by atoms with Gasteiger partial charge in [0.15, 0.2) is 0 Å². The van der Waals surface area contributed by atoms with E-state index >= 15 is 0 Å². The zero-order chi connectivity index (χ0) is 15.2. The lowest BCUT2D eigenvalue weighted by Gasteiger charge is -2.10. The molecular formula is C17H20ClNOS. The predicted octanol–water partition coefficient (Wildman–Crippen LogP) is 5.10. The second kappa shape index (κ2) is 7.62. The fourth-order valence-corrected chi connectivity index (χ4v) is 3.21. The van der Waals surface area contributed by atoms with Crippen molar-refractivity contribution in [3.8, 4) is 5.75 Å². The molecule has 0 saturated carbocycles. The molecule has 2 N–H and O–H groups in total. The lowest BCUT2D eigenvalue weighted by atomic mass is 10.1. The summed E-state index contributed by atoms with van der Waals surface area (Å²) in [7, 11) is 0. The monoisotopic (exact) mass is 321 g/mol. The maximum Gasteiger partial charge on any atom is 0.122 e. The van der Waals surface area contributed by atoms with Crippen LogP contribution in [0.1, 0.15) is 17.5 Å². The number of halogens is 1. The predicted molar refractivity (Wildman–Crippen MR) is 92.6 cm³/mol. The molecule has 0 aromatic heterocycles. The first-order valence-corrected chi connectivity index (χ1v) is 8.31. The van der Waals surface area contributed by atoms with Crippen LogP contribution >= 0.6 is 23.4 Å². The van der Waals surface area contributed by atoms with Crippen molar-refractivity contribution in [3.63, 3.8) is 0 Å². The van der Waals surface area contributed by atoms with E-state index in [1.807, 2.05) is 18.2 Å². The van der Waals surface area contributed by atoms with E-state index in [0.717, 1.165) is 33.5 Å². The molecule has 2 rings (SSSR count). The summed E-state index contributed by atoms with van der Waals surface area (Å²) in [5.41, 5.74) is 9.05. The average molecular weight is 322 g/mol. The van der Waals surface area contributed by atoms with Crippen LogP contribution < -0.4 is 10.5 Å². The van der Waals surface area contributed by atoms with Crippen LogP contribution in [0.15, 0.2) is 41.3 Å². The number of anilines is 1. The number of nitrogens with two attached hydrogens (primary N) is 1. The summed E-state index contributed by atoms with van der Waals surface area (Å²) < 4.78 is 5.84. The molecule has 2 aromatic rings. The number of rotatable bonds is 6. The largest absolute Gasteiger partial charge is 0.493 e. The molecule has 0 radical (unpaired) electrons. The van der Waals surface area contributed by atoms with Crippen LogP contribution in [-0.2, 0) is 0 Å². The van der Waals surface area contributed by atoms with Crippen LogP contribution in [0.3, 0.4) is 0 Å². The number of hydrogen-bond donors (Lipinski definition) is 1. The smallest absolute Gasteiger partial charge is 0.122 e. The van der Waals surface area contributed by atoms with Crippen LogP contribution in [-0.4, -0.2) is 12.4 Å². The van der Waals surface area contributed by atoms with Gasteiger partial charge in [0.1, 0.15) is 5.75 Å². The van der Waals surface area contributed by atoms with Gasteiger partial charge < -0.3 is 10.5 Å². The molecular weight excluding hydrogens is 302 g/mol. The Balaban J connectivity index is 1.79. The highest BCUT2D eigenvalue weighted by Gasteiger charge is 2.05. The molecule has 0 saturated heterocycles. The molecule has 21 heavy (non-hydrogen) atoms. The highest BCUT2D eigenvalue weighted by molar-refractivity contribution is 7.99. The molecule has 0 aliphatic rings. The minimum absolute atomic E-state index is 0.696. The molecule has 0 bridgehead atoms. The Morgan fingerprint density at radius 3 is 2.76 bits per heavy atom. The van der Waals surface area contributed by atoms with Gasteiger partial charge in [0.2, 0.25) is 0 Å². The Labute approximate surface area is 135 Å². The zero-order valence-corrected chi connectivity index (χ0v) is 13.9. The van der Waals surface area contributed by atoms with Crippen molar-refractivity contribution in [1.29, 1.82) is 0 Å². The third-order valence-electron chi connectivity index (χ3n) is 3.13. The first kappa shape index (κ1) is 16.1. The van der Waals surface area contributed by atoms with E-state index in [4.69, 9.17) is 22.1 Å². The van der Waals surface area contributed by atoms with Crippen molar-refractivity contribution >= 4 is 29.1 Å². The number of hydrogen-bond acceptors (Lipinski definition) is 3. The van der Waals surface area contributed by atoms with Gasteiger partial charge in [0, 0.05) is 16.3 Å². The Hall–Kier alpha value is -1.32. The Kier molecular flexibility index (Phi) is 5.83. The molecule has 4 heteroatoms. The van der Waals surface area contributed by atoms with Crippen LogP contribution in [0.4, 0.5) is 5.69 Å². The highest BCUT2D eigenvalue weighted by Crippen LogP contribution is 2.32. The molecule has 0 atom stereocenters. The van der Waals surface area contributed by atoms with Gasteiger partial charge in [-0.25, -0.2) is 0 Å². The second-order valence-electron chi connectivity index (χ2n) is 4.98. The molecule has 0 aliphatic heterocycles. The Morgan fingerprint density at radius 1 is 1.19 bits per heavy atom. The maximum atomic E-state index is 6.14. The van der Waals surface area contributed by atoms with Crippen LogP contribution in [0.2, 0.25) is 5.02 Å². The van der Waals surface area contributed by atoms with Crippen molar-refractivity contribution in [3.05, 3.63) is 52.5 Å². The first-order chi connectivity index (χ1) is 10.1. The van der Waals surface area contributed by atoms with Crippen molar-refractivity contribution in [2.24, 2.45) is 0 Å². The van der Waals surface area contributed by atoms with Crippen molar-refractivity contribution < 1.29 is 4.74 Å². The number of thioether (sulfide) groups is 1. The molecule has 0 unspecified atom stereocenters. The van der Waals surface area contributed by atoms with Crippen LogP contribution in [0.5, 0.6) is 5.75 Å². The molecule has 0 spiro atoms.